The first-order chi connectivity index (χ1) is 16.4. The van der Waals surface area contributed by atoms with E-state index in [1.807, 2.05) is 17.9 Å². The first kappa shape index (κ1) is 22.3. The largest absolute Gasteiger partial charge is 0.339 e. The molecule has 176 valence electrons. The molecule has 34 heavy (non-hydrogen) atoms. The van der Waals surface area contributed by atoms with Crippen molar-refractivity contribution in [2.24, 2.45) is 11.3 Å². The van der Waals surface area contributed by atoms with Gasteiger partial charge in [0.15, 0.2) is 0 Å². The van der Waals surface area contributed by atoms with E-state index in [9.17, 15) is 14.0 Å². The Kier molecular flexibility index (Phi) is 5.67. The highest BCUT2D eigenvalue weighted by Crippen LogP contribution is 2.60. The molecule has 1 aliphatic heterocycles. The van der Waals surface area contributed by atoms with Crippen LogP contribution in [0.1, 0.15) is 41.0 Å². The predicted molar refractivity (Wildman–Crippen MR) is 123 cm³/mol. The maximum absolute atomic E-state index is 14.2. The van der Waals surface area contributed by atoms with E-state index in [1.165, 1.54) is 6.07 Å². The van der Waals surface area contributed by atoms with Crippen molar-refractivity contribution in [3.8, 4) is 11.1 Å². The number of halogens is 1. The fourth-order valence-corrected chi connectivity index (χ4v) is 5.06. The number of amides is 2. The van der Waals surface area contributed by atoms with Crippen molar-refractivity contribution in [1.82, 2.24) is 20.1 Å². The molecule has 1 atom stereocenters. The molecule has 1 aliphatic carbocycles. The van der Waals surface area contributed by atoms with Crippen LogP contribution < -0.4 is 0 Å². The van der Waals surface area contributed by atoms with Crippen molar-refractivity contribution in [2.75, 3.05) is 20.1 Å². The number of rotatable bonds is 5. The molecule has 0 bridgehead atoms. The fourth-order valence-electron chi connectivity index (χ4n) is 5.06. The summed E-state index contributed by atoms with van der Waals surface area (Å²) in [6.07, 6.45) is 2.47. The number of nitrogens with zero attached hydrogens (tertiary/aromatic N) is 4. The second kappa shape index (κ2) is 8.66. The summed E-state index contributed by atoms with van der Waals surface area (Å²) in [5.41, 5.74) is 3.06. The van der Waals surface area contributed by atoms with Gasteiger partial charge in [0.25, 0.3) is 5.91 Å². The third-order valence-electron chi connectivity index (χ3n) is 7.34. The van der Waals surface area contributed by atoms with E-state index in [-0.39, 0.29) is 29.0 Å². The van der Waals surface area contributed by atoms with E-state index in [4.69, 9.17) is 4.63 Å². The summed E-state index contributed by atoms with van der Waals surface area (Å²) in [6, 6.07) is 13.7. The molecule has 1 saturated heterocycles. The Labute approximate surface area is 197 Å². The van der Waals surface area contributed by atoms with Crippen LogP contribution in [-0.4, -0.2) is 52.1 Å². The second-order valence-electron chi connectivity index (χ2n) is 9.46. The van der Waals surface area contributed by atoms with E-state index in [0.29, 0.717) is 47.7 Å². The molecule has 0 unspecified atom stereocenters. The van der Waals surface area contributed by atoms with Crippen molar-refractivity contribution < 1.29 is 18.6 Å². The topological polar surface area (TPSA) is 79.5 Å². The Morgan fingerprint density at radius 3 is 2.62 bits per heavy atom. The minimum absolute atomic E-state index is 0.0145. The van der Waals surface area contributed by atoms with Gasteiger partial charge in [-0.05, 0) is 55.4 Å². The molecule has 0 radical (unpaired) electrons. The first-order valence-electron chi connectivity index (χ1n) is 11.6. The Bertz CT molecular complexity index is 1230. The lowest BCUT2D eigenvalue weighted by Gasteiger charge is -2.33. The van der Waals surface area contributed by atoms with Crippen LogP contribution in [0.2, 0.25) is 0 Å². The standard InChI is InChI=1S/C26H27FN4O3/c1-17-23(29-34-28-17)16-30(2)25(33)21-15-26(21)10-12-31(13-11-26)24(32)19-7-5-6-18(14-19)20-8-3-4-9-22(20)27/h3-9,14,21H,10-13,15-16H2,1-2H3/t21-/m1/s1. The van der Waals surface area contributed by atoms with Crippen molar-refractivity contribution in [1.29, 1.82) is 0 Å². The maximum atomic E-state index is 14.2. The van der Waals surface area contributed by atoms with Crippen LogP contribution in [0.15, 0.2) is 53.2 Å². The zero-order chi connectivity index (χ0) is 23.9. The number of benzene rings is 2. The molecule has 1 aromatic heterocycles. The van der Waals surface area contributed by atoms with Gasteiger partial charge in [-0.25, -0.2) is 9.02 Å². The molecule has 2 aromatic carbocycles. The van der Waals surface area contributed by atoms with E-state index < -0.39 is 0 Å². The zero-order valence-corrected chi connectivity index (χ0v) is 19.3. The van der Waals surface area contributed by atoms with Gasteiger partial charge in [-0.1, -0.05) is 40.6 Å². The minimum Gasteiger partial charge on any atom is -0.339 e. The first-order valence-corrected chi connectivity index (χ1v) is 11.6. The van der Waals surface area contributed by atoms with Gasteiger partial charge in [0.05, 0.1) is 6.54 Å². The molecule has 1 spiro atoms. The molecule has 2 amide bonds. The Balaban J connectivity index is 1.20. The lowest BCUT2D eigenvalue weighted by molar-refractivity contribution is -0.133. The monoisotopic (exact) mass is 462 g/mol. The van der Waals surface area contributed by atoms with Crippen molar-refractivity contribution in [3.63, 3.8) is 0 Å². The number of carbonyl (C=O) groups excluding carboxylic acids is 2. The van der Waals surface area contributed by atoms with Gasteiger partial charge in [-0.3, -0.25) is 9.59 Å². The van der Waals surface area contributed by atoms with Crippen LogP contribution in [0.3, 0.4) is 0 Å². The van der Waals surface area contributed by atoms with Gasteiger partial charge in [-0.15, -0.1) is 0 Å². The second-order valence-corrected chi connectivity index (χ2v) is 9.46. The maximum Gasteiger partial charge on any atom is 0.253 e. The van der Waals surface area contributed by atoms with Gasteiger partial charge >= 0.3 is 0 Å². The van der Waals surface area contributed by atoms with Gasteiger partial charge in [0, 0.05) is 37.2 Å². The van der Waals surface area contributed by atoms with Crippen LogP contribution in [0.5, 0.6) is 0 Å². The lowest BCUT2D eigenvalue weighted by Crippen LogP contribution is -2.40. The van der Waals surface area contributed by atoms with Crippen LogP contribution in [-0.2, 0) is 11.3 Å². The number of carbonyl (C=O) groups is 2. The van der Waals surface area contributed by atoms with E-state index in [1.54, 1.807) is 48.3 Å². The molecular weight excluding hydrogens is 435 g/mol. The minimum atomic E-state index is -0.309. The van der Waals surface area contributed by atoms with Gasteiger partial charge in [0.1, 0.15) is 17.2 Å². The van der Waals surface area contributed by atoms with Gasteiger partial charge in [-0.2, -0.15) is 0 Å². The molecule has 7 nitrogen and oxygen atoms in total. The lowest BCUT2D eigenvalue weighted by atomic mass is 9.90. The Morgan fingerprint density at radius 2 is 1.91 bits per heavy atom. The number of hydrogen-bond donors (Lipinski definition) is 0. The molecule has 3 aromatic rings. The molecule has 2 heterocycles. The molecule has 1 saturated carbocycles. The normalized spacial score (nSPS) is 18.7. The number of piperidine rings is 1. The number of hydrogen-bond acceptors (Lipinski definition) is 5. The SMILES string of the molecule is Cc1nonc1CN(C)C(=O)[C@H]1CC12CCN(C(=O)c1cccc(-c3ccccc3F)c1)CC2. The van der Waals surface area contributed by atoms with E-state index in [0.717, 1.165) is 19.3 Å². The molecular formula is C26H27FN4O3. The number of aryl methyl sites for hydroxylation is 1. The molecule has 2 aliphatic rings. The smallest absolute Gasteiger partial charge is 0.253 e. The molecule has 8 heteroatoms. The van der Waals surface area contributed by atoms with Gasteiger partial charge < -0.3 is 9.80 Å². The average Bonchev–Trinajstić information content (AvgIpc) is 3.40. The fraction of sp³-hybridized carbons (Fsp3) is 0.385. The average molecular weight is 463 g/mol. The molecule has 0 N–H and O–H groups in total. The highest BCUT2D eigenvalue weighted by molar-refractivity contribution is 5.95. The number of aromatic nitrogens is 2. The van der Waals surface area contributed by atoms with Crippen molar-refractivity contribution in [2.45, 2.75) is 32.7 Å². The summed E-state index contributed by atoms with van der Waals surface area (Å²) in [7, 11) is 1.78. The summed E-state index contributed by atoms with van der Waals surface area (Å²) in [5, 5.41) is 7.63. The van der Waals surface area contributed by atoms with E-state index >= 15 is 0 Å². The summed E-state index contributed by atoms with van der Waals surface area (Å²) in [4.78, 5) is 29.7. The molecule has 5 rings (SSSR count). The van der Waals surface area contributed by atoms with Crippen LogP contribution >= 0.6 is 0 Å². The zero-order valence-electron chi connectivity index (χ0n) is 19.3. The Hall–Kier alpha value is -3.55. The number of likely N-dealkylation sites (tertiary alicyclic amines) is 1. The molecule has 2 fully saturated rings. The van der Waals surface area contributed by atoms with Crippen LogP contribution in [0.4, 0.5) is 4.39 Å². The predicted octanol–water partition coefficient (Wildman–Crippen LogP) is 4.09. The quantitative estimate of drug-likeness (QED) is 0.571. The van der Waals surface area contributed by atoms with E-state index in [2.05, 4.69) is 10.3 Å². The van der Waals surface area contributed by atoms with Crippen LogP contribution in [0.25, 0.3) is 11.1 Å². The Morgan fingerprint density at radius 1 is 1.15 bits per heavy atom. The highest BCUT2D eigenvalue weighted by atomic mass is 19.1. The third-order valence-corrected chi connectivity index (χ3v) is 7.34. The third kappa shape index (κ3) is 4.08. The van der Waals surface area contributed by atoms with Crippen molar-refractivity contribution >= 4 is 11.8 Å². The summed E-state index contributed by atoms with van der Waals surface area (Å²) in [6.45, 7) is 3.41. The van der Waals surface area contributed by atoms with Crippen LogP contribution in [0, 0.1) is 24.1 Å². The summed E-state index contributed by atoms with van der Waals surface area (Å²) in [5.74, 6) is -0.266. The van der Waals surface area contributed by atoms with Gasteiger partial charge in [0.2, 0.25) is 5.91 Å². The summed E-state index contributed by atoms with van der Waals surface area (Å²) >= 11 is 0. The highest BCUT2D eigenvalue weighted by Gasteiger charge is 2.59. The van der Waals surface area contributed by atoms with Crippen molar-refractivity contribution in [3.05, 3.63) is 71.3 Å². The summed E-state index contributed by atoms with van der Waals surface area (Å²) < 4.78 is 18.9.